The van der Waals surface area contributed by atoms with Gasteiger partial charge in [0.05, 0.1) is 11.4 Å². The second kappa shape index (κ2) is 16.6. The van der Waals surface area contributed by atoms with Crippen LogP contribution in [0.2, 0.25) is 0 Å². The zero-order valence-corrected chi connectivity index (χ0v) is 40.9. The summed E-state index contributed by atoms with van der Waals surface area (Å²) < 4.78 is 0. The maximum atomic E-state index is 4.31. The Balaban J connectivity index is 1.47. The summed E-state index contributed by atoms with van der Waals surface area (Å²) in [5.41, 5.74) is 22.4. The molecule has 0 bridgehead atoms. The number of hydrogen-bond donors (Lipinski definition) is 0. The molecule has 0 fully saturated rings. The highest BCUT2D eigenvalue weighted by Gasteiger charge is 2.45. The minimum atomic E-state index is -0.0683. The SMILES string of the molecule is C=C/C=C(\C=C)c1ccccc1N1c2ccc(C(C)(C)C)cc2B2c3cc(C(C)(C)C)ccc3N(c3ccc(C(C)(C)C)cc3)c3cc(N(c4cccc(C)c4)c4cccc(C)c4)cc1c32. The van der Waals surface area contributed by atoms with E-state index in [1.165, 1.54) is 55.6 Å². The van der Waals surface area contributed by atoms with Crippen molar-refractivity contribution in [2.45, 2.75) is 92.4 Å². The van der Waals surface area contributed by atoms with Crippen LogP contribution in [0.1, 0.15) is 95.7 Å². The molecule has 3 nitrogen and oxygen atoms in total. The molecule has 0 aliphatic carbocycles. The van der Waals surface area contributed by atoms with Crippen LogP contribution in [0, 0.1) is 13.8 Å². The smallest absolute Gasteiger partial charge is 0.252 e. The summed E-state index contributed by atoms with van der Waals surface area (Å²) in [5.74, 6) is 0. The number of rotatable bonds is 8. The van der Waals surface area contributed by atoms with Gasteiger partial charge in [0.2, 0.25) is 0 Å². The van der Waals surface area contributed by atoms with Gasteiger partial charge in [-0.1, -0.05) is 173 Å². The highest BCUT2D eigenvalue weighted by Crippen LogP contribution is 2.50. The van der Waals surface area contributed by atoms with Crippen molar-refractivity contribution in [1.29, 1.82) is 0 Å². The van der Waals surface area contributed by atoms with E-state index in [1.54, 1.807) is 0 Å². The van der Waals surface area contributed by atoms with Crippen molar-refractivity contribution < 1.29 is 0 Å². The lowest BCUT2D eigenvalue weighted by Crippen LogP contribution is -2.61. The van der Waals surface area contributed by atoms with E-state index in [2.05, 4.69) is 256 Å². The summed E-state index contributed by atoms with van der Waals surface area (Å²) in [6.45, 7) is 33.6. The van der Waals surface area contributed by atoms with Crippen molar-refractivity contribution in [2.24, 2.45) is 0 Å². The number of hydrogen-bond acceptors (Lipinski definition) is 3. The Morgan fingerprint density at radius 1 is 0.485 bits per heavy atom. The first-order valence-electron chi connectivity index (χ1n) is 23.5. The van der Waals surface area contributed by atoms with Crippen LogP contribution in [0.5, 0.6) is 0 Å². The van der Waals surface area contributed by atoms with E-state index in [0.717, 1.165) is 50.9 Å². The lowest BCUT2D eigenvalue weighted by atomic mass is 9.33. The Morgan fingerprint density at radius 2 is 0.985 bits per heavy atom. The van der Waals surface area contributed by atoms with E-state index in [-0.39, 0.29) is 23.0 Å². The van der Waals surface area contributed by atoms with E-state index in [0.29, 0.717) is 0 Å². The molecule has 2 aliphatic heterocycles. The van der Waals surface area contributed by atoms with Gasteiger partial charge in [0.1, 0.15) is 0 Å². The second-order valence-corrected chi connectivity index (χ2v) is 21.4. The van der Waals surface area contributed by atoms with Crippen LogP contribution in [-0.4, -0.2) is 6.71 Å². The molecule has 2 aliphatic rings. The average molecular weight is 862 g/mol. The maximum Gasteiger partial charge on any atom is 0.252 e. The van der Waals surface area contributed by atoms with E-state index in [9.17, 15) is 0 Å². The number of benzene rings is 7. The van der Waals surface area contributed by atoms with Crippen molar-refractivity contribution in [1.82, 2.24) is 0 Å². The Kier molecular flexibility index (Phi) is 11.2. The van der Waals surface area contributed by atoms with Crippen molar-refractivity contribution in [3.63, 3.8) is 0 Å². The maximum absolute atomic E-state index is 4.31. The fourth-order valence-electron chi connectivity index (χ4n) is 9.99. The van der Waals surface area contributed by atoms with Crippen LogP contribution in [-0.2, 0) is 16.2 Å². The molecule has 0 saturated carbocycles. The summed E-state index contributed by atoms with van der Waals surface area (Å²) in [4.78, 5) is 7.54. The number of allylic oxidation sites excluding steroid dienone is 4. The van der Waals surface area contributed by atoms with Gasteiger partial charge in [0.25, 0.3) is 6.71 Å². The molecule has 4 heteroatoms. The zero-order chi connectivity index (χ0) is 46.9. The van der Waals surface area contributed by atoms with Crippen LogP contribution < -0.4 is 31.1 Å². The molecule has 66 heavy (non-hydrogen) atoms. The summed E-state index contributed by atoms with van der Waals surface area (Å²) in [5, 5.41) is 0. The minimum Gasteiger partial charge on any atom is -0.311 e. The third-order valence-corrected chi connectivity index (χ3v) is 13.5. The Morgan fingerprint density at radius 3 is 1.48 bits per heavy atom. The molecular weight excluding hydrogens is 798 g/mol. The molecule has 9 rings (SSSR count). The second-order valence-electron chi connectivity index (χ2n) is 21.4. The van der Waals surface area contributed by atoms with Gasteiger partial charge < -0.3 is 14.7 Å². The molecule has 0 spiro atoms. The first-order valence-corrected chi connectivity index (χ1v) is 23.5. The highest BCUT2D eigenvalue weighted by atomic mass is 15.2. The monoisotopic (exact) mass is 862 g/mol. The summed E-state index contributed by atoms with van der Waals surface area (Å²) in [6.07, 6.45) is 5.88. The molecule has 330 valence electrons. The first kappa shape index (κ1) is 44.4. The summed E-state index contributed by atoms with van der Waals surface area (Å²) in [6, 6.07) is 55.3. The van der Waals surface area contributed by atoms with Crippen molar-refractivity contribution in [3.8, 4) is 0 Å². The summed E-state index contributed by atoms with van der Waals surface area (Å²) >= 11 is 0. The van der Waals surface area contributed by atoms with Crippen molar-refractivity contribution in [2.75, 3.05) is 14.7 Å². The molecule has 7 aromatic carbocycles. The van der Waals surface area contributed by atoms with Crippen molar-refractivity contribution in [3.05, 3.63) is 210 Å². The Labute approximate surface area is 395 Å². The van der Waals surface area contributed by atoms with Gasteiger partial charge in [0, 0.05) is 45.4 Å². The Bertz CT molecular complexity index is 3010. The third kappa shape index (κ3) is 7.91. The lowest BCUT2D eigenvalue weighted by Gasteiger charge is -2.46. The van der Waals surface area contributed by atoms with Gasteiger partial charge in [0.15, 0.2) is 0 Å². The summed E-state index contributed by atoms with van der Waals surface area (Å²) in [7, 11) is 0. The number of aryl methyl sites for hydroxylation is 2. The average Bonchev–Trinajstić information content (AvgIpc) is 3.27. The molecule has 2 heterocycles. The predicted octanol–water partition coefficient (Wildman–Crippen LogP) is 15.5. The van der Waals surface area contributed by atoms with Gasteiger partial charge in [-0.15, -0.1) is 0 Å². The standard InChI is InChI=1S/C62H64BN3/c1-14-20-43(15-2)51-25-16-17-26-54(51)66-56-34-30-46(62(11,12)13)38-53(56)63-52-37-45(61(8,9)10)29-33-55(52)65(47-31-27-44(28-32-47)60(5,6)7)57-39-50(40-58(66)59(57)63)64(48-23-18-21-41(3)35-48)49-24-19-22-42(4)36-49/h14-40H,1-2H2,3-13H3/b43-20+. The van der Waals surface area contributed by atoms with E-state index < -0.39 is 0 Å². The van der Waals surface area contributed by atoms with Gasteiger partial charge in [-0.2, -0.15) is 0 Å². The quantitative estimate of drug-likeness (QED) is 0.111. The van der Waals surface area contributed by atoms with Gasteiger partial charge >= 0.3 is 0 Å². The van der Waals surface area contributed by atoms with Gasteiger partial charge in [-0.25, -0.2) is 0 Å². The highest BCUT2D eigenvalue weighted by molar-refractivity contribution is 7.00. The van der Waals surface area contributed by atoms with Crippen molar-refractivity contribution >= 4 is 79.9 Å². The van der Waals surface area contributed by atoms with Crippen LogP contribution in [0.15, 0.2) is 177 Å². The number of para-hydroxylation sites is 1. The largest absolute Gasteiger partial charge is 0.311 e. The van der Waals surface area contributed by atoms with Crippen LogP contribution >= 0.6 is 0 Å². The van der Waals surface area contributed by atoms with E-state index >= 15 is 0 Å². The third-order valence-electron chi connectivity index (χ3n) is 13.5. The molecule has 0 unspecified atom stereocenters. The minimum absolute atomic E-state index is 0.0129. The van der Waals surface area contributed by atoms with Crippen LogP contribution in [0.4, 0.5) is 51.2 Å². The van der Waals surface area contributed by atoms with Gasteiger partial charge in [-0.05, 0) is 147 Å². The molecule has 0 amide bonds. The van der Waals surface area contributed by atoms with Crippen LogP contribution in [0.3, 0.4) is 0 Å². The molecule has 0 radical (unpaired) electrons. The van der Waals surface area contributed by atoms with Crippen LogP contribution in [0.25, 0.3) is 5.57 Å². The molecule has 0 atom stereocenters. The fourth-order valence-corrected chi connectivity index (χ4v) is 9.99. The molecular formula is C62H64BN3. The Hall–Kier alpha value is -6.78. The normalized spacial score (nSPS) is 13.5. The number of fused-ring (bicyclic) bond motifs is 4. The molecule has 0 aromatic heterocycles. The van der Waals surface area contributed by atoms with E-state index in [1.807, 2.05) is 12.2 Å². The number of anilines is 9. The molecule has 0 N–H and O–H groups in total. The first-order chi connectivity index (χ1) is 31.4. The lowest BCUT2D eigenvalue weighted by molar-refractivity contribution is 0.590. The number of nitrogens with zero attached hydrogens (tertiary/aromatic N) is 3. The fraction of sp³-hybridized carbons (Fsp3) is 0.226. The zero-order valence-electron chi connectivity index (χ0n) is 40.9. The van der Waals surface area contributed by atoms with Gasteiger partial charge in [-0.3, -0.25) is 0 Å². The van der Waals surface area contributed by atoms with E-state index in [4.69, 9.17) is 0 Å². The molecule has 0 saturated heterocycles. The molecule has 7 aromatic rings. The predicted molar refractivity (Wildman–Crippen MR) is 289 cm³/mol. The topological polar surface area (TPSA) is 9.72 Å².